The molecule has 2 bridgehead atoms. The van der Waals surface area contributed by atoms with E-state index in [2.05, 4.69) is 10.0 Å². The number of benzene rings is 1. The number of amides is 1. The standard InChI is InChI=1S/C13H15FN2O3S/c1-20(18,19)16-11-4-9(14)2-3-10(11)12(17)15-13-5-8(6-13)7-13/h2-4,8,16H,5-7H2,1H3,(H,15,17). The van der Waals surface area contributed by atoms with Crippen molar-refractivity contribution in [3.8, 4) is 0 Å². The first-order valence-electron chi connectivity index (χ1n) is 6.36. The molecule has 5 nitrogen and oxygen atoms in total. The molecule has 3 aliphatic rings. The first-order valence-corrected chi connectivity index (χ1v) is 8.25. The van der Waals surface area contributed by atoms with Gasteiger partial charge < -0.3 is 5.32 Å². The van der Waals surface area contributed by atoms with Crippen LogP contribution in [-0.4, -0.2) is 26.1 Å². The average Bonchev–Trinajstić information content (AvgIpc) is 2.19. The Kier molecular flexibility index (Phi) is 2.79. The van der Waals surface area contributed by atoms with Crippen molar-refractivity contribution >= 4 is 21.6 Å². The zero-order valence-electron chi connectivity index (χ0n) is 10.9. The van der Waals surface area contributed by atoms with E-state index in [1.807, 2.05) is 0 Å². The van der Waals surface area contributed by atoms with Gasteiger partial charge in [-0.3, -0.25) is 9.52 Å². The van der Waals surface area contributed by atoms with Gasteiger partial charge in [0.15, 0.2) is 0 Å². The molecule has 0 spiro atoms. The number of hydrogen-bond acceptors (Lipinski definition) is 3. The summed E-state index contributed by atoms with van der Waals surface area (Å²) in [5, 5.41) is 2.92. The minimum Gasteiger partial charge on any atom is -0.347 e. The minimum atomic E-state index is -3.57. The smallest absolute Gasteiger partial charge is 0.253 e. The van der Waals surface area contributed by atoms with E-state index in [-0.39, 0.29) is 22.7 Å². The number of carbonyl (C=O) groups excluding carboxylic acids is 1. The van der Waals surface area contributed by atoms with Gasteiger partial charge in [-0.05, 0) is 43.4 Å². The summed E-state index contributed by atoms with van der Waals surface area (Å²) in [6, 6.07) is 3.45. The third kappa shape index (κ3) is 2.37. The Morgan fingerprint density at radius 2 is 2.00 bits per heavy atom. The molecule has 108 valence electrons. The normalized spacial score (nSPS) is 27.2. The van der Waals surface area contributed by atoms with Gasteiger partial charge in [-0.15, -0.1) is 0 Å². The van der Waals surface area contributed by atoms with Crippen molar-refractivity contribution in [2.45, 2.75) is 24.8 Å². The lowest BCUT2D eigenvalue weighted by Gasteiger charge is -2.61. The van der Waals surface area contributed by atoms with Crippen molar-refractivity contribution in [2.24, 2.45) is 5.92 Å². The van der Waals surface area contributed by atoms with E-state index in [0.29, 0.717) is 0 Å². The van der Waals surface area contributed by atoms with Crippen LogP contribution in [0.15, 0.2) is 18.2 Å². The molecule has 1 aromatic carbocycles. The summed E-state index contributed by atoms with van der Waals surface area (Å²) in [5.74, 6) is -0.246. The molecule has 0 aromatic heterocycles. The van der Waals surface area contributed by atoms with Gasteiger partial charge in [0.2, 0.25) is 10.0 Å². The quantitative estimate of drug-likeness (QED) is 0.884. The SMILES string of the molecule is CS(=O)(=O)Nc1cc(F)ccc1C(=O)NC12CC(C1)C2. The largest absolute Gasteiger partial charge is 0.347 e. The summed E-state index contributed by atoms with van der Waals surface area (Å²) < 4.78 is 38.0. The molecule has 4 rings (SSSR count). The van der Waals surface area contributed by atoms with Gasteiger partial charge in [-0.25, -0.2) is 12.8 Å². The number of halogens is 1. The Bertz CT molecular complexity index is 670. The fourth-order valence-electron chi connectivity index (χ4n) is 2.94. The van der Waals surface area contributed by atoms with Crippen molar-refractivity contribution in [3.05, 3.63) is 29.6 Å². The predicted molar refractivity (Wildman–Crippen MR) is 72.4 cm³/mol. The summed E-state index contributed by atoms with van der Waals surface area (Å²) in [5.41, 5.74) is -0.00321. The second-order valence-corrected chi connectivity index (χ2v) is 7.53. The monoisotopic (exact) mass is 298 g/mol. The number of carbonyl (C=O) groups is 1. The molecule has 20 heavy (non-hydrogen) atoms. The lowest BCUT2D eigenvalue weighted by molar-refractivity contribution is -0.0438. The molecule has 0 atom stereocenters. The van der Waals surface area contributed by atoms with Crippen molar-refractivity contribution in [1.82, 2.24) is 5.32 Å². The fraction of sp³-hybridized carbons (Fsp3) is 0.462. The lowest BCUT2D eigenvalue weighted by Crippen LogP contribution is -2.68. The van der Waals surface area contributed by atoms with Crippen LogP contribution in [0.3, 0.4) is 0 Å². The van der Waals surface area contributed by atoms with E-state index in [1.54, 1.807) is 0 Å². The number of hydrogen-bond donors (Lipinski definition) is 2. The number of sulfonamides is 1. The van der Waals surface area contributed by atoms with Crippen LogP contribution in [0.1, 0.15) is 29.6 Å². The molecule has 0 heterocycles. The van der Waals surface area contributed by atoms with E-state index in [1.165, 1.54) is 6.07 Å². The van der Waals surface area contributed by atoms with E-state index < -0.39 is 15.8 Å². The van der Waals surface area contributed by atoms with Gasteiger partial charge in [-0.1, -0.05) is 0 Å². The Hall–Kier alpha value is -1.63. The number of rotatable bonds is 4. The van der Waals surface area contributed by atoms with Gasteiger partial charge in [0, 0.05) is 5.54 Å². The lowest BCUT2D eigenvalue weighted by atomic mass is 9.50. The Balaban J connectivity index is 1.85. The highest BCUT2D eigenvalue weighted by atomic mass is 32.2. The van der Waals surface area contributed by atoms with Crippen molar-refractivity contribution in [2.75, 3.05) is 11.0 Å². The van der Waals surface area contributed by atoms with Crippen molar-refractivity contribution in [3.63, 3.8) is 0 Å². The molecule has 3 saturated carbocycles. The highest BCUT2D eigenvalue weighted by Crippen LogP contribution is 2.57. The summed E-state index contributed by atoms with van der Waals surface area (Å²) in [7, 11) is -3.57. The van der Waals surface area contributed by atoms with Gasteiger partial charge in [0.25, 0.3) is 5.91 Å². The second kappa shape index (κ2) is 4.18. The molecule has 0 radical (unpaired) electrons. The Labute approximate surface area is 116 Å². The zero-order valence-corrected chi connectivity index (χ0v) is 11.8. The van der Waals surface area contributed by atoms with Crippen molar-refractivity contribution < 1.29 is 17.6 Å². The van der Waals surface area contributed by atoms with E-state index in [0.717, 1.165) is 43.6 Å². The van der Waals surface area contributed by atoms with E-state index in [4.69, 9.17) is 0 Å². The number of nitrogens with one attached hydrogen (secondary N) is 2. The first-order chi connectivity index (χ1) is 9.26. The van der Waals surface area contributed by atoms with Gasteiger partial charge in [0.1, 0.15) is 5.82 Å². The fourth-order valence-corrected chi connectivity index (χ4v) is 3.51. The molecule has 1 aromatic rings. The first kappa shape index (κ1) is 13.4. The molecule has 1 amide bonds. The maximum Gasteiger partial charge on any atom is 0.253 e. The second-order valence-electron chi connectivity index (χ2n) is 5.78. The predicted octanol–water partition coefficient (Wildman–Crippen LogP) is 1.48. The molecule has 0 aliphatic heterocycles. The Morgan fingerprint density at radius 3 is 2.50 bits per heavy atom. The topological polar surface area (TPSA) is 75.3 Å². The van der Waals surface area contributed by atoms with Gasteiger partial charge >= 0.3 is 0 Å². The Morgan fingerprint density at radius 1 is 1.35 bits per heavy atom. The van der Waals surface area contributed by atoms with Gasteiger partial charge in [0.05, 0.1) is 17.5 Å². The molecule has 3 aliphatic carbocycles. The highest BCUT2D eigenvalue weighted by molar-refractivity contribution is 7.92. The van der Waals surface area contributed by atoms with Crippen LogP contribution < -0.4 is 10.0 Å². The van der Waals surface area contributed by atoms with Crippen LogP contribution in [-0.2, 0) is 10.0 Å². The maximum absolute atomic E-state index is 13.2. The molecule has 0 saturated heterocycles. The molecule has 7 heteroatoms. The molecular weight excluding hydrogens is 283 g/mol. The van der Waals surface area contributed by atoms with Crippen LogP contribution in [0.4, 0.5) is 10.1 Å². The molecule has 3 fully saturated rings. The zero-order chi connectivity index (χ0) is 14.5. The van der Waals surface area contributed by atoms with Gasteiger partial charge in [-0.2, -0.15) is 0 Å². The van der Waals surface area contributed by atoms with Crippen molar-refractivity contribution in [1.29, 1.82) is 0 Å². The van der Waals surface area contributed by atoms with Crippen LogP contribution >= 0.6 is 0 Å². The summed E-state index contributed by atoms with van der Waals surface area (Å²) in [6.07, 6.45) is 3.90. The van der Waals surface area contributed by atoms with E-state index >= 15 is 0 Å². The summed E-state index contributed by atoms with van der Waals surface area (Å²) >= 11 is 0. The summed E-state index contributed by atoms with van der Waals surface area (Å²) in [6.45, 7) is 0. The third-order valence-corrected chi connectivity index (χ3v) is 4.53. The highest BCUT2D eigenvalue weighted by Gasteiger charge is 2.57. The van der Waals surface area contributed by atoms with Crippen LogP contribution in [0.25, 0.3) is 0 Å². The van der Waals surface area contributed by atoms with Crippen LogP contribution in [0.5, 0.6) is 0 Å². The number of anilines is 1. The van der Waals surface area contributed by atoms with Crippen LogP contribution in [0, 0.1) is 11.7 Å². The minimum absolute atomic E-state index is 0.0309. The maximum atomic E-state index is 13.2. The average molecular weight is 298 g/mol. The van der Waals surface area contributed by atoms with E-state index in [9.17, 15) is 17.6 Å². The van der Waals surface area contributed by atoms with Crippen LogP contribution in [0.2, 0.25) is 0 Å². The third-order valence-electron chi connectivity index (χ3n) is 3.94. The summed E-state index contributed by atoms with van der Waals surface area (Å²) in [4.78, 5) is 12.2. The molecular formula is C13H15FN2O3S. The molecule has 0 unspecified atom stereocenters. The molecule has 2 N–H and O–H groups in total.